The van der Waals surface area contributed by atoms with Crippen LogP contribution in [0.1, 0.15) is 13.8 Å². The van der Waals surface area contributed by atoms with E-state index in [4.69, 9.17) is 16.3 Å². The summed E-state index contributed by atoms with van der Waals surface area (Å²) in [5.74, 6) is 0.443. The van der Waals surface area contributed by atoms with Crippen LogP contribution < -0.4 is 5.32 Å². The van der Waals surface area contributed by atoms with Crippen LogP contribution in [0.5, 0.6) is 0 Å². The van der Waals surface area contributed by atoms with Gasteiger partial charge in [0.15, 0.2) is 0 Å². The molecule has 0 aliphatic rings. The highest BCUT2D eigenvalue weighted by atomic mass is 35.5. The Labute approximate surface area is 125 Å². The summed E-state index contributed by atoms with van der Waals surface area (Å²) < 4.78 is 31.5. The summed E-state index contributed by atoms with van der Waals surface area (Å²) in [6, 6.07) is 1.13. The Hall–Kier alpha value is -0.890. The van der Waals surface area contributed by atoms with Crippen LogP contribution in [0.25, 0.3) is 0 Å². The number of hydrogen-bond acceptors (Lipinski definition) is 5. The fourth-order valence-corrected chi connectivity index (χ4v) is 3.85. The van der Waals surface area contributed by atoms with Gasteiger partial charge in [-0.3, -0.25) is 0 Å². The fourth-order valence-electron chi connectivity index (χ4n) is 1.92. The summed E-state index contributed by atoms with van der Waals surface area (Å²) in [4.78, 5) is 4.08. The van der Waals surface area contributed by atoms with Crippen LogP contribution in [-0.4, -0.2) is 51.1 Å². The molecule has 0 saturated heterocycles. The van der Waals surface area contributed by atoms with E-state index >= 15 is 0 Å². The molecule has 0 bridgehead atoms. The van der Waals surface area contributed by atoms with Gasteiger partial charge < -0.3 is 10.1 Å². The standard InChI is InChI=1S/C12H20ClN3O3S/c1-5-16(9(2)8-19-4)20(17,18)10-6-11(13)12(14-3)15-7-10/h6-7,9H,5,8H2,1-4H3,(H,14,15). The smallest absolute Gasteiger partial charge is 0.244 e. The lowest BCUT2D eigenvalue weighted by atomic mass is 10.4. The van der Waals surface area contributed by atoms with E-state index in [2.05, 4.69) is 10.3 Å². The first kappa shape index (κ1) is 17.2. The number of rotatable bonds is 7. The molecule has 114 valence electrons. The molecule has 0 spiro atoms. The number of sulfonamides is 1. The zero-order valence-corrected chi connectivity index (χ0v) is 13.6. The highest BCUT2D eigenvalue weighted by Gasteiger charge is 2.28. The Morgan fingerprint density at radius 3 is 2.65 bits per heavy atom. The summed E-state index contributed by atoms with van der Waals surface area (Å²) in [6.45, 7) is 4.24. The van der Waals surface area contributed by atoms with Crippen molar-refractivity contribution in [2.75, 3.05) is 32.6 Å². The first-order valence-corrected chi connectivity index (χ1v) is 8.04. The van der Waals surface area contributed by atoms with Crippen molar-refractivity contribution in [1.82, 2.24) is 9.29 Å². The molecule has 1 aromatic rings. The molecule has 0 aromatic carbocycles. The molecule has 0 saturated carbocycles. The number of hydrogen-bond donors (Lipinski definition) is 1. The monoisotopic (exact) mass is 321 g/mol. The third kappa shape index (κ3) is 3.60. The van der Waals surface area contributed by atoms with E-state index in [9.17, 15) is 8.42 Å². The van der Waals surface area contributed by atoms with Gasteiger partial charge in [-0.2, -0.15) is 4.31 Å². The van der Waals surface area contributed by atoms with Crippen molar-refractivity contribution in [3.05, 3.63) is 17.3 Å². The molecule has 0 fully saturated rings. The number of methoxy groups -OCH3 is 1. The Kier molecular flexibility index (Phi) is 6.19. The Morgan fingerprint density at radius 1 is 1.55 bits per heavy atom. The molecule has 8 heteroatoms. The molecular formula is C12H20ClN3O3S. The predicted octanol–water partition coefficient (Wildman–Crippen LogP) is 1.82. The highest BCUT2D eigenvalue weighted by molar-refractivity contribution is 7.89. The number of aromatic nitrogens is 1. The summed E-state index contributed by atoms with van der Waals surface area (Å²) in [5, 5.41) is 3.06. The molecule has 0 amide bonds. The van der Waals surface area contributed by atoms with Gasteiger partial charge in [0, 0.05) is 32.9 Å². The summed E-state index contributed by atoms with van der Waals surface area (Å²) >= 11 is 5.99. The maximum atomic E-state index is 12.6. The highest BCUT2D eigenvalue weighted by Crippen LogP contribution is 2.25. The number of nitrogens with zero attached hydrogens (tertiary/aromatic N) is 2. The second kappa shape index (κ2) is 7.21. The minimum Gasteiger partial charge on any atom is -0.383 e. The molecule has 0 radical (unpaired) electrons. The molecule has 1 aromatic heterocycles. The molecule has 20 heavy (non-hydrogen) atoms. The quantitative estimate of drug-likeness (QED) is 0.829. The zero-order chi connectivity index (χ0) is 15.3. The number of nitrogens with one attached hydrogen (secondary N) is 1. The number of likely N-dealkylation sites (N-methyl/N-ethyl adjacent to an activating group) is 1. The number of ether oxygens (including phenoxy) is 1. The molecule has 1 unspecified atom stereocenters. The van der Waals surface area contributed by atoms with E-state index in [1.807, 2.05) is 0 Å². The topological polar surface area (TPSA) is 71.5 Å². The third-order valence-corrected chi connectivity index (χ3v) is 5.21. The van der Waals surface area contributed by atoms with Crippen molar-refractivity contribution < 1.29 is 13.2 Å². The lowest BCUT2D eigenvalue weighted by molar-refractivity contribution is 0.142. The van der Waals surface area contributed by atoms with Gasteiger partial charge in [0.05, 0.1) is 11.6 Å². The lowest BCUT2D eigenvalue weighted by Crippen LogP contribution is -2.40. The normalized spacial score (nSPS) is 13.5. The van der Waals surface area contributed by atoms with E-state index in [1.54, 1.807) is 20.9 Å². The SMILES string of the molecule is CCN(C(C)COC)S(=O)(=O)c1cnc(NC)c(Cl)c1. The van der Waals surface area contributed by atoms with Gasteiger partial charge >= 0.3 is 0 Å². The predicted molar refractivity (Wildman–Crippen MR) is 79.7 cm³/mol. The molecule has 1 atom stereocenters. The lowest BCUT2D eigenvalue weighted by Gasteiger charge is -2.26. The van der Waals surface area contributed by atoms with Crippen LogP contribution in [0.2, 0.25) is 5.02 Å². The van der Waals surface area contributed by atoms with Crippen LogP contribution in [-0.2, 0) is 14.8 Å². The van der Waals surface area contributed by atoms with Gasteiger partial charge in [-0.25, -0.2) is 13.4 Å². The van der Waals surface area contributed by atoms with Crippen LogP contribution in [0.3, 0.4) is 0 Å². The van der Waals surface area contributed by atoms with E-state index in [-0.39, 0.29) is 16.0 Å². The van der Waals surface area contributed by atoms with E-state index in [1.165, 1.54) is 23.7 Å². The van der Waals surface area contributed by atoms with Crippen molar-refractivity contribution in [2.45, 2.75) is 24.8 Å². The summed E-state index contributed by atoms with van der Waals surface area (Å²) in [7, 11) is -0.435. The molecule has 1 heterocycles. The number of halogens is 1. The van der Waals surface area contributed by atoms with Crippen LogP contribution in [0, 0.1) is 0 Å². The van der Waals surface area contributed by atoms with Gasteiger partial charge in [-0.15, -0.1) is 0 Å². The van der Waals surface area contributed by atoms with E-state index in [0.717, 1.165) is 0 Å². The largest absolute Gasteiger partial charge is 0.383 e. The molecule has 0 aliphatic carbocycles. The number of anilines is 1. The van der Waals surface area contributed by atoms with Crippen LogP contribution in [0.15, 0.2) is 17.2 Å². The minimum absolute atomic E-state index is 0.0753. The van der Waals surface area contributed by atoms with Crippen molar-refractivity contribution in [1.29, 1.82) is 0 Å². The van der Waals surface area contributed by atoms with Gasteiger partial charge in [0.25, 0.3) is 0 Å². The fraction of sp³-hybridized carbons (Fsp3) is 0.583. The maximum absolute atomic E-state index is 12.6. The van der Waals surface area contributed by atoms with Gasteiger partial charge in [-0.05, 0) is 13.0 Å². The second-order valence-corrected chi connectivity index (χ2v) is 6.56. The molecule has 6 nitrogen and oxygen atoms in total. The summed E-state index contributed by atoms with van der Waals surface area (Å²) in [5.41, 5.74) is 0. The third-order valence-electron chi connectivity index (χ3n) is 2.87. The Morgan fingerprint density at radius 2 is 2.20 bits per heavy atom. The second-order valence-electron chi connectivity index (χ2n) is 4.26. The number of pyridine rings is 1. The maximum Gasteiger partial charge on any atom is 0.244 e. The Bertz CT molecular complexity index is 551. The van der Waals surface area contributed by atoms with Crippen molar-refractivity contribution in [3.8, 4) is 0 Å². The molecule has 0 aliphatic heterocycles. The molecule has 1 rings (SSSR count). The van der Waals surface area contributed by atoms with E-state index in [0.29, 0.717) is 19.0 Å². The average molecular weight is 322 g/mol. The first-order chi connectivity index (χ1) is 9.38. The van der Waals surface area contributed by atoms with Crippen molar-refractivity contribution >= 4 is 27.4 Å². The van der Waals surface area contributed by atoms with Crippen LogP contribution in [0.4, 0.5) is 5.82 Å². The van der Waals surface area contributed by atoms with Crippen molar-refractivity contribution in [2.24, 2.45) is 0 Å². The average Bonchev–Trinajstić information content (AvgIpc) is 2.39. The van der Waals surface area contributed by atoms with Gasteiger partial charge in [0.1, 0.15) is 10.7 Å². The van der Waals surface area contributed by atoms with Gasteiger partial charge in [-0.1, -0.05) is 18.5 Å². The van der Waals surface area contributed by atoms with Crippen LogP contribution >= 0.6 is 11.6 Å². The Balaban J connectivity index is 3.17. The van der Waals surface area contributed by atoms with E-state index < -0.39 is 10.0 Å². The zero-order valence-electron chi connectivity index (χ0n) is 12.1. The first-order valence-electron chi connectivity index (χ1n) is 6.22. The van der Waals surface area contributed by atoms with Crippen molar-refractivity contribution in [3.63, 3.8) is 0 Å². The molecule has 1 N–H and O–H groups in total. The van der Waals surface area contributed by atoms with Gasteiger partial charge in [0.2, 0.25) is 10.0 Å². The molecular weight excluding hydrogens is 302 g/mol. The summed E-state index contributed by atoms with van der Waals surface area (Å²) in [6.07, 6.45) is 1.30. The minimum atomic E-state index is -3.64.